The lowest BCUT2D eigenvalue weighted by Gasteiger charge is -2.08. The number of nitrogens with two attached hydrogens (primary N) is 1. The molecule has 0 heterocycles. The van der Waals surface area contributed by atoms with Gasteiger partial charge < -0.3 is 16.2 Å². The Hall–Kier alpha value is -2.48. The molecule has 0 aromatic heterocycles. The average molecular weight is 267 g/mol. The molecule has 1 unspecified atom stereocenters. The molecule has 0 radical (unpaired) electrons. The number of amides is 2. The molecular weight excluding hydrogens is 254 g/mol. The monoisotopic (exact) mass is 267 g/mol. The minimum atomic E-state index is -1.43. The number of aliphatic hydroxyl groups excluding tert-OH is 1. The van der Waals surface area contributed by atoms with E-state index in [2.05, 4.69) is 5.32 Å². The zero-order valence-corrected chi connectivity index (χ0v) is 9.91. The summed E-state index contributed by atoms with van der Waals surface area (Å²) in [6, 6.07) is 5.51. The van der Waals surface area contributed by atoms with Gasteiger partial charge in [0.2, 0.25) is 11.8 Å². The summed E-state index contributed by atoms with van der Waals surface area (Å²) < 4.78 is 0. The number of carbonyl (C=O) groups excluding carboxylic acids is 2. The van der Waals surface area contributed by atoms with E-state index in [1.54, 1.807) is 0 Å². The number of aliphatic hydroxyl groups is 1. The van der Waals surface area contributed by atoms with Crippen LogP contribution in [0.5, 0.6) is 0 Å². The van der Waals surface area contributed by atoms with Gasteiger partial charge in [-0.2, -0.15) is 0 Å². The first-order valence-electron chi connectivity index (χ1n) is 5.37. The molecule has 0 spiro atoms. The van der Waals surface area contributed by atoms with E-state index in [1.165, 1.54) is 24.3 Å². The zero-order valence-electron chi connectivity index (χ0n) is 9.91. The average Bonchev–Trinajstić information content (AvgIpc) is 2.36. The van der Waals surface area contributed by atoms with Crippen molar-refractivity contribution in [1.82, 2.24) is 5.32 Å². The fourth-order valence-corrected chi connectivity index (χ4v) is 1.29. The lowest BCUT2D eigenvalue weighted by molar-refractivity contribution is -0.384. The maximum Gasteiger partial charge on any atom is 0.269 e. The molecule has 0 aliphatic heterocycles. The van der Waals surface area contributed by atoms with Crippen LogP contribution in [0.15, 0.2) is 24.3 Å². The highest BCUT2D eigenvalue weighted by molar-refractivity contribution is 5.81. The first-order valence-corrected chi connectivity index (χ1v) is 5.37. The van der Waals surface area contributed by atoms with Crippen LogP contribution >= 0.6 is 0 Å². The van der Waals surface area contributed by atoms with Crippen molar-refractivity contribution in [2.45, 2.75) is 12.5 Å². The van der Waals surface area contributed by atoms with Crippen LogP contribution in [0.2, 0.25) is 0 Å². The third-order valence-corrected chi connectivity index (χ3v) is 2.33. The Kier molecular flexibility index (Phi) is 4.95. The number of nitro groups is 1. The fourth-order valence-electron chi connectivity index (χ4n) is 1.29. The van der Waals surface area contributed by atoms with E-state index in [0.29, 0.717) is 5.56 Å². The molecule has 1 atom stereocenters. The molecule has 102 valence electrons. The Morgan fingerprint density at radius 1 is 1.37 bits per heavy atom. The summed E-state index contributed by atoms with van der Waals surface area (Å²) in [7, 11) is 0. The molecule has 0 saturated heterocycles. The predicted octanol–water partition coefficient (Wildman–Crippen LogP) is -0.900. The topological polar surface area (TPSA) is 136 Å². The van der Waals surface area contributed by atoms with E-state index in [4.69, 9.17) is 10.8 Å². The van der Waals surface area contributed by atoms with E-state index in [9.17, 15) is 19.7 Å². The Balaban J connectivity index is 2.48. The number of benzene rings is 1. The van der Waals surface area contributed by atoms with Crippen molar-refractivity contribution in [3.05, 3.63) is 39.9 Å². The number of carbonyl (C=O) groups is 2. The maximum absolute atomic E-state index is 11.5. The highest BCUT2D eigenvalue weighted by Gasteiger charge is 2.12. The van der Waals surface area contributed by atoms with Crippen molar-refractivity contribution in [3.8, 4) is 0 Å². The van der Waals surface area contributed by atoms with Crippen LogP contribution in [0.3, 0.4) is 0 Å². The smallest absolute Gasteiger partial charge is 0.269 e. The van der Waals surface area contributed by atoms with Crippen LogP contribution in [0.1, 0.15) is 5.56 Å². The molecule has 0 bridgehead atoms. The number of nitro benzene ring substituents is 1. The Morgan fingerprint density at radius 3 is 2.42 bits per heavy atom. The van der Waals surface area contributed by atoms with Crippen molar-refractivity contribution >= 4 is 17.5 Å². The summed E-state index contributed by atoms with van der Waals surface area (Å²) in [4.78, 5) is 31.9. The second-order valence-electron chi connectivity index (χ2n) is 3.82. The van der Waals surface area contributed by atoms with Gasteiger partial charge in [-0.1, -0.05) is 12.1 Å². The van der Waals surface area contributed by atoms with Gasteiger partial charge in [-0.25, -0.2) is 0 Å². The summed E-state index contributed by atoms with van der Waals surface area (Å²) in [6.07, 6.45) is -1.44. The van der Waals surface area contributed by atoms with Crippen molar-refractivity contribution < 1.29 is 19.6 Å². The Labute approximate surface area is 108 Å². The highest BCUT2D eigenvalue weighted by atomic mass is 16.6. The molecule has 0 saturated carbocycles. The minimum absolute atomic E-state index is 0.0104. The number of rotatable bonds is 6. The molecule has 4 N–H and O–H groups in total. The SMILES string of the molecule is NC(=O)C(O)CNC(=O)Cc1ccc([N+](=O)[O-])cc1. The van der Waals surface area contributed by atoms with Gasteiger partial charge in [0, 0.05) is 12.1 Å². The van der Waals surface area contributed by atoms with E-state index in [1.807, 2.05) is 0 Å². The van der Waals surface area contributed by atoms with E-state index >= 15 is 0 Å². The van der Waals surface area contributed by atoms with Gasteiger partial charge in [-0.15, -0.1) is 0 Å². The second kappa shape index (κ2) is 6.45. The van der Waals surface area contributed by atoms with Crippen LogP contribution in [0, 0.1) is 10.1 Å². The van der Waals surface area contributed by atoms with Gasteiger partial charge in [-0.05, 0) is 5.56 Å². The first-order chi connectivity index (χ1) is 8.90. The molecule has 8 nitrogen and oxygen atoms in total. The summed E-state index contributed by atoms with van der Waals surface area (Å²) >= 11 is 0. The van der Waals surface area contributed by atoms with Gasteiger partial charge in [-0.3, -0.25) is 19.7 Å². The van der Waals surface area contributed by atoms with Crippen LogP contribution in [0.25, 0.3) is 0 Å². The van der Waals surface area contributed by atoms with E-state index in [-0.39, 0.29) is 18.7 Å². The third kappa shape index (κ3) is 4.72. The first kappa shape index (κ1) is 14.6. The highest BCUT2D eigenvalue weighted by Crippen LogP contribution is 2.12. The van der Waals surface area contributed by atoms with Gasteiger partial charge >= 0.3 is 0 Å². The van der Waals surface area contributed by atoms with Gasteiger partial charge in [0.15, 0.2) is 0 Å². The number of nitrogens with one attached hydrogen (secondary N) is 1. The molecular formula is C11H13N3O5. The third-order valence-electron chi connectivity index (χ3n) is 2.33. The minimum Gasteiger partial charge on any atom is -0.381 e. The lowest BCUT2D eigenvalue weighted by atomic mass is 10.1. The standard InChI is InChI=1S/C11H13N3O5/c12-11(17)9(15)6-13-10(16)5-7-1-3-8(4-2-7)14(18)19/h1-4,9,15H,5-6H2,(H2,12,17)(H,13,16). The molecule has 1 aromatic rings. The molecule has 1 aromatic carbocycles. The maximum atomic E-state index is 11.5. The van der Waals surface area contributed by atoms with Crippen LogP contribution in [0.4, 0.5) is 5.69 Å². The normalized spacial score (nSPS) is 11.6. The predicted molar refractivity (Wildman–Crippen MR) is 65.0 cm³/mol. The number of hydrogen-bond donors (Lipinski definition) is 3. The summed E-state index contributed by atoms with van der Waals surface area (Å²) in [5.41, 5.74) is 5.33. The largest absolute Gasteiger partial charge is 0.381 e. The van der Waals surface area contributed by atoms with Crippen LogP contribution in [-0.2, 0) is 16.0 Å². The fraction of sp³-hybridized carbons (Fsp3) is 0.273. The van der Waals surface area contributed by atoms with Crippen molar-refractivity contribution in [3.63, 3.8) is 0 Å². The summed E-state index contributed by atoms with van der Waals surface area (Å²) in [6.45, 7) is -0.263. The molecule has 0 aliphatic rings. The lowest BCUT2D eigenvalue weighted by Crippen LogP contribution is -2.40. The van der Waals surface area contributed by atoms with E-state index < -0.39 is 22.8 Å². The number of nitrogens with zero attached hydrogens (tertiary/aromatic N) is 1. The summed E-state index contributed by atoms with van der Waals surface area (Å²) in [5, 5.41) is 21.8. The Morgan fingerprint density at radius 2 is 1.95 bits per heavy atom. The molecule has 2 amide bonds. The Bertz CT molecular complexity index is 486. The van der Waals surface area contributed by atoms with Crippen molar-refractivity contribution in [2.24, 2.45) is 5.73 Å². The van der Waals surface area contributed by atoms with Crippen molar-refractivity contribution in [1.29, 1.82) is 0 Å². The molecule has 0 fully saturated rings. The molecule has 1 rings (SSSR count). The molecule has 19 heavy (non-hydrogen) atoms. The van der Waals surface area contributed by atoms with Crippen LogP contribution < -0.4 is 11.1 Å². The number of primary amides is 1. The quantitative estimate of drug-likeness (QED) is 0.453. The zero-order chi connectivity index (χ0) is 14.4. The van der Waals surface area contributed by atoms with Gasteiger partial charge in [0.25, 0.3) is 5.69 Å². The van der Waals surface area contributed by atoms with Crippen molar-refractivity contribution in [2.75, 3.05) is 6.54 Å². The molecule has 8 heteroatoms. The molecule has 0 aliphatic carbocycles. The summed E-state index contributed by atoms with van der Waals surface area (Å²) in [5.74, 6) is -1.34. The number of non-ortho nitro benzene ring substituents is 1. The van der Waals surface area contributed by atoms with Crippen LogP contribution in [-0.4, -0.2) is 34.5 Å². The number of hydrogen-bond acceptors (Lipinski definition) is 5. The van der Waals surface area contributed by atoms with Gasteiger partial charge in [0.05, 0.1) is 17.9 Å². The second-order valence-corrected chi connectivity index (χ2v) is 3.82. The van der Waals surface area contributed by atoms with E-state index in [0.717, 1.165) is 0 Å². The van der Waals surface area contributed by atoms with Gasteiger partial charge in [0.1, 0.15) is 6.10 Å².